The Morgan fingerprint density at radius 1 is 1.03 bits per heavy atom. The first-order valence-electron chi connectivity index (χ1n) is 9.74. The number of para-hydroxylation sites is 1. The Morgan fingerprint density at radius 2 is 1.78 bits per heavy atom. The van der Waals surface area contributed by atoms with Crippen molar-refractivity contribution in [2.24, 2.45) is 0 Å². The highest BCUT2D eigenvalue weighted by Gasteiger charge is 2.22. The van der Waals surface area contributed by atoms with Gasteiger partial charge in [0.1, 0.15) is 6.61 Å². The number of ether oxygens (including phenoxy) is 2. The zero-order valence-corrected chi connectivity index (χ0v) is 18.6. The fourth-order valence-corrected chi connectivity index (χ4v) is 4.19. The van der Waals surface area contributed by atoms with Gasteiger partial charge in [0.15, 0.2) is 11.5 Å². The van der Waals surface area contributed by atoms with E-state index in [9.17, 15) is 13.2 Å². The number of amides is 1. The molecule has 0 atom stereocenters. The summed E-state index contributed by atoms with van der Waals surface area (Å²) in [5, 5.41) is 2.73. The maximum Gasteiger partial charge on any atom is 0.264 e. The van der Waals surface area contributed by atoms with E-state index in [-0.39, 0.29) is 4.90 Å². The van der Waals surface area contributed by atoms with Gasteiger partial charge in [-0.25, -0.2) is 8.42 Å². The minimum Gasteiger partial charge on any atom is -0.493 e. The van der Waals surface area contributed by atoms with Crippen LogP contribution in [0.4, 0.5) is 11.4 Å². The van der Waals surface area contributed by atoms with Crippen LogP contribution in [0.2, 0.25) is 0 Å². The third kappa shape index (κ3) is 5.09. The van der Waals surface area contributed by atoms with Gasteiger partial charge in [0.05, 0.1) is 17.7 Å². The highest BCUT2D eigenvalue weighted by molar-refractivity contribution is 7.92. The summed E-state index contributed by atoms with van der Waals surface area (Å²) in [6.07, 6.45) is 1.61. The lowest BCUT2D eigenvalue weighted by Crippen LogP contribution is -2.26. The largest absolute Gasteiger partial charge is 0.493 e. The van der Waals surface area contributed by atoms with Crippen LogP contribution < -0.4 is 19.1 Å². The molecule has 0 heterocycles. The van der Waals surface area contributed by atoms with Gasteiger partial charge in [-0.05, 0) is 48.5 Å². The second kappa shape index (κ2) is 10.0. The predicted octanol–water partition coefficient (Wildman–Crippen LogP) is 4.34. The second-order valence-corrected chi connectivity index (χ2v) is 8.72. The van der Waals surface area contributed by atoms with Gasteiger partial charge in [0.2, 0.25) is 0 Å². The van der Waals surface area contributed by atoms with Crippen molar-refractivity contribution < 1.29 is 22.7 Å². The maximum absolute atomic E-state index is 13.0. The van der Waals surface area contributed by atoms with E-state index in [1.807, 2.05) is 6.07 Å². The van der Waals surface area contributed by atoms with Crippen LogP contribution in [0.25, 0.3) is 0 Å². The van der Waals surface area contributed by atoms with E-state index in [0.29, 0.717) is 35.0 Å². The minimum atomic E-state index is -3.80. The number of rotatable bonds is 9. The first kappa shape index (κ1) is 22.9. The molecule has 0 aliphatic carbocycles. The monoisotopic (exact) mass is 452 g/mol. The molecule has 0 radical (unpaired) electrons. The minimum absolute atomic E-state index is 0.0624. The molecule has 7 nitrogen and oxygen atoms in total. The van der Waals surface area contributed by atoms with Gasteiger partial charge in [-0.2, -0.15) is 0 Å². The number of benzene rings is 3. The number of carbonyl (C=O) groups excluding carboxylic acids is 1. The van der Waals surface area contributed by atoms with E-state index >= 15 is 0 Å². The Morgan fingerprint density at radius 3 is 2.47 bits per heavy atom. The van der Waals surface area contributed by atoms with E-state index in [0.717, 1.165) is 0 Å². The molecule has 0 spiro atoms. The fraction of sp³-hybridized carbons (Fsp3) is 0.125. The number of sulfonamides is 1. The molecule has 0 aliphatic rings. The zero-order valence-electron chi connectivity index (χ0n) is 17.8. The lowest BCUT2D eigenvalue weighted by molar-refractivity contribution is 0.102. The topological polar surface area (TPSA) is 84.9 Å². The first-order valence-corrected chi connectivity index (χ1v) is 11.2. The van der Waals surface area contributed by atoms with Crippen LogP contribution in [0.5, 0.6) is 11.5 Å². The molecule has 0 saturated carbocycles. The average molecular weight is 453 g/mol. The molecular formula is C24H24N2O5S. The highest BCUT2D eigenvalue weighted by atomic mass is 32.2. The summed E-state index contributed by atoms with van der Waals surface area (Å²) < 4.78 is 38.0. The van der Waals surface area contributed by atoms with E-state index < -0.39 is 15.9 Å². The molecule has 166 valence electrons. The molecule has 0 aromatic heterocycles. The number of methoxy groups -OCH3 is 1. The normalized spacial score (nSPS) is 10.8. The van der Waals surface area contributed by atoms with Gasteiger partial charge < -0.3 is 14.8 Å². The van der Waals surface area contributed by atoms with Crippen molar-refractivity contribution in [3.63, 3.8) is 0 Å². The van der Waals surface area contributed by atoms with Crippen molar-refractivity contribution in [2.75, 3.05) is 30.4 Å². The van der Waals surface area contributed by atoms with Crippen LogP contribution in [0.3, 0.4) is 0 Å². The van der Waals surface area contributed by atoms with E-state index in [1.165, 1.54) is 30.6 Å². The molecule has 0 fully saturated rings. The summed E-state index contributed by atoms with van der Waals surface area (Å²) in [6, 6.07) is 19.6. The molecule has 1 N–H and O–H groups in total. The number of carbonyl (C=O) groups is 1. The number of nitrogens with zero attached hydrogens (tertiary/aromatic N) is 1. The highest BCUT2D eigenvalue weighted by Crippen LogP contribution is 2.29. The van der Waals surface area contributed by atoms with Crippen LogP contribution in [-0.2, 0) is 10.0 Å². The Kier molecular flexibility index (Phi) is 7.17. The van der Waals surface area contributed by atoms with Gasteiger partial charge in [0, 0.05) is 18.3 Å². The molecule has 8 heteroatoms. The van der Waals surface area contributed by atoms with Crippen molar-refractivity contribution >= 4 is 27.3 Å². The van der Waals surface area contributed by atoms with Gasteiger partial charge >= 0.3 is 0 Å². The summed E-state index contributed by atoms with van der Waals surface area (Å²) in [5.74, 6) is 0.478. The SMILES string of the molecule is C=CCOc1ccc(C(=O)Nc2cccc(S(=O)(=O)N(C)c3ccccc3)c2)cc1OC. The molecule has 0 bridgehead atoms. The van der Waals surface area contributed by atoms with Crippen molar-refractivity contribution in [2.45, 2.75) is 4.90 Å². The molecular weight excluding hydrogens is 428 g/mol. The zero-order chi connectivity index (χ0) is 23.1. The van der Waals surface area contributed by atoms with Crippen molar-refractivity contribution in [3.05, 3.63) is 91.0 Å². The molecule has 1 amide bonds. The number of hydrogen-bond acceptors (Lipinski definition) is 5. The van der Waals surface area contributed by atoms with Crippen LogP contribution in [-0.4, -0.2) is 35.1 Å². The van der Waals surface area contributed by atoms with E-state index in [4.69, 9.17) is 9.47 Å². The Balaban J connectivity index is 1.81. The average Bonchev–Trinajstić information content (AvgIpc) is 2.82. The van der Waals surface area contributed by atoms with Gasteiger partial charge in [0.25, 0.3) is 15.9 Å². The summed E-state index contributed by atoms with van der Waals surface area (Å²) in [4.78, 5) is 12.8. The maximum atomic E-state index is 13.0. The molecule has 32 heavy (non-hydrogen) atoms. The van der Waals surface area contributed by atoms with E-state index in [2.05, 4.69) is 11.9 Å². The summed E-state index contributed by atoms with van der Waals surface area (Å²) in [5.41, 5.74) is 1.22. The smallest absolute Gasteiger partial charge is 0.264 e. The van der Waals surface area contributed by atoms with Crippen LogP contribution in [0.15, 0.2) is 90.3 Å². The van der Waals surface area contributed by atoms with Crippen LogP contribution in [0, 0.1) is 0 Å². The number of anilines is 2. The molecule has 3 rings (SSSR count). The van der Waals surface area contributed by atoms with Crippen molar-refractivity contribution in [3.8, 4) is 11.5 Å². The quantitative estimate of drug-likeness (QED) is 0.488. The fourth-order valence-electron chi connectivity index (χ4n) is 2.95. The van der Waals surface area contributed by atoms with Gasteiger partial charge in [-0.1, -0.05) is 36.9 Å². The van der Waals surface area contributed by atoms with E-state index in [1.54, 1.807) is 60.7 Å². The predicted molar refractivity (Wildman–Crippen MR) is 125 cm³/mol. The standard InChI is InChI=1S/C24H24N2O5S/c1-4-15-31-22-14-13-18(16-23(22)30-3)24(27)25-19-9-8-12-21(17-19)32(28,29)26(2)20-10-6-5-7-11-20/h4-14,16-17H,1,15H2,2-3H3,(H,25,27). The Labute approximate surface area is 188 Å². The summed E-state index contributed by atoms with van der Waals surface area (Å²) in [7, 11) is -0.837. The first-order chi connectivity index (χ1) is 15.4. The Bertz CT molecular complexity index is 1210. The lowest BCUT2D eigenvalue weighted by Gasteiger charge is -2.20. The van der Waals surface area contributed by atoms with Crippen molar-refractivity contribution in [1.29, 1.82) is 0 Å². The molecule has 3 aromatic rings. The number of hydrogen-bond donors (Lipinski definition) is 1. The third-order valence-electron chi connectivity index (χ3n) is 4.65. The summed E-state index contributed by atoms with van der Waals surface area (Å²) in [6.45, 7) is 3.91. The van der Waals surface area contributed by atoms with Crippen molar-refractivity contribution in [1.82, 2.24) is 0 Å². The second-order valence-electron chi connectivity index (χ2n) is 6.76. The molecule has 0 aliphatic heterocycles. The molecule has 0 saturated heterocycles. The Hall–Kier alpha value is -3.78. The lowest BCUT2D eigenvalue weighted by atomic mass is 10.2. The summed E-state index contributed by atoms with van der Waals surface area (Å²) >= 11 is 0. The van der Waals surface area contributed by atoms with Crippen LogP contribution in [0.1, 0.15) is 10.4 Å². The number of nitrogens with one attached hydrogen (secondary N) is 1. The van der Waals surface area contributed by atoms with Gasteiger partial charge in [-0.15, -0.1) is 0 Å². The van der Waals surface area contributed by atoms with Crippen LogP contribution >= 0.6 is 0 Å². The van der Waals surface area contributed by atoms with Gasteiger partial charge in [-0.3, -0.25) is 9.10 Å². The molecule has 0 unspecified atom stereocenters. The molecule has 3 aromatic carbocycles. The third-order valence-corrected chi connectivity index (χ3v) is 6.43.